The molecule has 11 heavy (non-hydrogen) atoms. The average Bonchev–Trinajstić information content (AvgIpc) is 2.33. The van der Waals surface area contributed by atoms with E-state index in [0.29, 0.717) is 0 Å². The minimum Gasteiger partial charge on any atom is -0.259 e. The van der Waals surface area contributed by atoms with Gasteiger partial charge in [0.15, 0.2) is 0 Å². The Hall–Kier alpha value is -0.290. The van der Waals surface area contributed by atoms with Gasteiger partial charge in [-0.3, -0.25) is 10.1 Å². The lowest BCUT2D eigenvalue weighted by Gasteiger charge is -2.11. The standard InChI is InChI=1S/C6H6BrNO2S/c7-6(2-1-5-11-6)3-4-8(9)10/h1,3-5H,2H2. The zero-order chi connectivity index (χ0) is 8.32. The molecule has 0 amide bonds. The van der Waals surface area contributed by atoms with Gasteiger partial charge in [0, 0.05) is 6.08 Å². The van der Waals surface area contributed by atoms with E-state index in [0.717, 1.165) is 12.6 Å². The molecule has 0 aliphatic carbocycles. The molecule has 0 saturated heterocycles. The molecule has 3 nitrogen and oxygen atoms in total. The van der Waals surface area contributed by atoms with Crippen molar-refractivity contribution in [1.29, 1.82) is 0 Å². The van der Waals surface area contributed by atoms with Crippen molar-refractivity contribution < 1.29 is 4.92 Å². The largest absolute Gasteiger partial charge is 0.259 e. The predicted molar refractivity (Wildman–Crippen MR) is 49.1 cm³/mol. The number of halogens is 1. The predicted octanol–water partition coefficient (Wildman–Crippen LogP) is 2.52. The van der Waals surface area contributed by atoms with Gasteiger partial charge in [-0.05, 0) is 11.8 Å². The van der Waals surface area contributed by atoms with Gasteiger partial charge in [-0.1, -0.05) is 22.0 Å². The normalized spacial score (nSPS) is 29.9. The highest BCUT2D eigenvalue weighted by Crippen LogP contribution is 2.42. The highest BCUT2D eigenvalue weighted by Gasteiger charge is 2.26. The van der Waals surface area contributed by atoms with Crippen LogP contribution in [0.15, 0.2) is 23.8 Å². The van der Waals surface area contributed by atoms with Crippen LogP contribution in [0, 0.1) is 10.1 Å². The molecule has 1 aliphatic heterocycles. The Morgan fingerprint density at radius 2 is 2.55 bits per heavy atom. The third-order valence-electron chi connectivity index (χ3n) is 1.20. The van der Waals surface area contributed by atoms with Crippen LogP contribution >= 0.6 is 27.7 Å². The Bertz CT molecular complexity index is 219. The summed E-state index contributed by atoms with van der Waals surface area (Å²) >= 11 is 4.92. The topological polar surface area (TPSA) is 43.1 Å². The van der Waals surface area contributed by atoms with Crippen LogP contribution in [-0.4, -0.2) is 8.58 Å². The van der Waals surface area contributed by atoms with Crippen LogP contribution in [0.25, 0.3) is 0 Å². The molecule has 1 unspecified atom stereocenters. The smallest absolute Gasteiger partial charge is 0.232 e. The molecule has 0 aromatic rings. The fourth-order valence-corrected chi connectivity index (χ4v) is 2.08. The second kappa shape index (κ2) is 3.40. The third kappa shape index (κ3) is 2.67. The Morgan fingerprint density at radius 3 is 3.00 bits per heavy atom. The van der Waals surface area contributed by atoms with E-state index in [1.165, 1.54) is 11.8 Å². The molecule has 0 aromatic heterocycles. The van der Waals surface area contributed by atoms with Crippen LogP contribution in [0.3, 0.4) is 0 Å². The van der Waals surface area contributed by atoms with Gasteiger partial charge >= 0.3 is 0 Å². The van der Waals surface area contributed by atoms with Gasteiger partial charge in [-0.15, -0.1) is 11.8 Å². The van der Waals surface area contributed by atoms with Crippen LogP contribution in [0.5, 0.6) is 0 Å². The Kier molecular flexibility index (Phi) is 2.72. The number of allylic oxidation sites excluding steroid dienone is 1. The fourth-order valence-electron chi connectivity index (χ4n) is 0.698. The zero-order valence-electron chi connectivity index (χ0n) is 5.57. The first-order valence-electron chi connectivity index (χ1n) is 2.97. The molecular weight excluding hydrogens is 230 g/mol. The highest BCUT2D eigenvalue weighted by atomic mass is 79.9. The lowest BCUT2D eigenvalue weighted by molar-refractivity contribution is -0.402. The number of thioether (sulfide) groups is 1. The van der Waals surface area contributed by atoms with Crippen molar-refractivity contribution in [3.05, 3.63) is 33.9 Å². The first kappa shape index (κ1) is 8.80. The number of rotatable bonds is 2. The molecule has 0 spiro atoms. The zero-order valence-corrected chi connectivity index (χ0v) is 7.97. The molecule has 0 aromatic carbocycles. The Labute approximate surface area is 76.8 Å². The summed E-state index contributed by atoms with van der Waals surface area (Å²) in [7, 11) is 0. The maximum absolute atomic E-state index is 9.97. The summed E-state index contributed by atoms with van der Waals surface area (Å²) in [6.07, 6.45) is 5.29. The van der Waals surface area contributed by atoms with Gasteiger partial charge in [-0.25, -0.2) is 0 Å². The number of hydrogen-bond donors (Lipinski definition) is 0. The van der Waals surface area contributed by atoms with E-state index in [4.69, 9.17) is 0 Å². The van der Waals surface area contributed by atoms with E-state index in [-0.39, 0.29) is 3.66 Å². The summed E-state index contributed by atoms with van der Waals surface area (Å²) in [4.78, 5) is 9.51. The molecular formula is C6H6BrNO2S. The molecule has 0 fully saturated rings. The SMILES string of the molecule is O=[N+]([O-])C=CC1(Br)CC=CS1. The van der Waals surface area contributed by atoms with Crippen molar-refractivity contribution in [2.45, 2.75) is 10.1 Å². The maximum atomic E-state index is 9.97. The van der Waals surface area contributed by atoms with E-state index in [2.05, 4.69) is 15.9 Å². The summed E-state index contributed by atoms with van der Waals surface area (Å²) in [5.41, 5.74) is 0. The highest BCUT2D eigenvalue weighted by molar-refractivity contribution is 9.12. The van der Waals surface area contributed by atoms with E-state index in [9.17, 15) is 10.1 Å². The number of hydrogen-bond acceptors (Lipinski definition) is 3. The molecule has 0 radical (unpaired) electrons. The van der Waals surface area contributed by atoms with Gasteiger partial charge in [-0.2, -0.15) is 0 Å². The average molecular weight is 236 g/mol. The van der Waals surface area contributed by atoms with Crippen LogP contribution in [0.4, 0.5) is 0 Å². The van der Waals surface area contributed by atoms with Crippen molar-refractivity contribution in [3.8, 4) is 0 Å². The minimum atomic E-state index is -0.456. The molecule has 1 aliphatic rings. The third-order valence-corrected chi connectivity index (χ3v) is 3.37. The second-order valence-electron chi connectivity index (χ2n) is 2.08. The second-order valence-corrected chi connectivity index (χ2v) is 5.26. The molecule has 0 bridgehead atoms. The Balaban J connectivity index is 2.54. The van der Waals surface area contributed by atoms with Crippen molar-refractivity contribution in [2.24, 2.45) is 0 Å². The van der Waals surface area contributed by atoms with Crippen molar-refractivity contribution in [1.82, 2.24) is 0 Å². The summed E-state index contributed by atoms with van der Waals surface area (Å²) in [5, 5.41) is 11.9. The summed E-state index contributed by atoms with van der Waals surface area (Å²) < 4.78 is -0.278. The molecule has 60 valence electrons. The molecule has 1 atom stereocenters. The molecule has 0 N–H and O–H groups in total. The lowest BCUT2D eigenvalue weighted by atomic mass is 10.3. The van der Waals surface area contributed by atoms with Crippen LogP contribution < -0.4 is 0 Å². The van der Waals surface area contributed by atoms with Crippen LogP contribution in [0.2, 0.25) is 0 Å². The van der Waals surface area contributed by atoms with Gasteiger partial charge < -0.3 is 0 Å². The van der Waals surface area contributed by atoms with Gasteiger partial charge in [0.1, 0.15) is 3.66 Å². The lowest BCUT2D eigenvalue weighted by Crippen LogP contribution is -2.06. The summed E-state index contributed by atoms with van der Waals surface area (Å²) in [6.45, 7) is 0. The molecule has 1 heterocycles. The maximum Gasteiger partial charge on any atom is 0.232 e. The van der Waals surface area contributed by atoms with E-state index >= 15 is 0 Å². The Morgan fingerprint density at radius 1 is 1.82 bits per heavy atom. The monoisotopic (exact) mass is 235 g/mol. The van der Waals surface area contributed by atoms with Crippen molar-refractivity contribution in [3.63, 3.8) is 0 Å². The molecule has 0 saturated carbocycles. The summed E-state index contributed by atoms with van der Waals surface area (Å²) in [5.74, 6) is 0. The first-order chi connectivity index (χ1) is 5.12. The van der Waals surface area contributed by atoms with E-state index < -0.39 is 4.92 Å². The van der Waals surface area contributed by atoms with Gasteiger partial charge in [0.05, 0.1) is 4.92 Å². The van der Waals surface area contributed by atoms with Crippen molar-refractivity contribution in [2.75, 3.05) is 0 Å². The fraction of sp³-hybridized carbons (Fsp3) is 0.333. The van der Waals surface area contributed by atoms with Gasteiger partial charge in [0.2, 0.25) is 6.20 Å². The van der Waals surface area contributed by atoms with E-state index in [1.54, 1.807) is 6.08 Å². The number of nitro groups is 1. The van der Waals surface area contributed by atoms with Crippen LogP contribution in [-0.2, 0) is 0 Å². The molecule has 5 heteroatoms. The number of alkyl halides is 1. The van der Waals surface area contributed by atoms with Crippen molar-refractivity contribution >= 4 is 27.7 Å². The van der Waals surface area contributed by atoms with Gasteiger partial charge in [0.25, 0.3) is 0 Å². The summed E-state index contributed by atoms with van der Waals surface area (Å²) in [6, 6.07) is 0. The van der Waals surface area contributed by atoms with E-state index in [1.807, 2.05) is 11.5 Å². The first-order valence-corrected chi connectivity index (χ1v) is 4.64. The quantitative estimate of drug-likeness (QED) is 0.420. The molecule has 1 rings (SSSR count). The number of nitrogens with zero attached hydrogens (tertiary/aromatic N) is 1. The van der Waals surface area contributed by atoms with Crippen LogP contribution in [0.1, 0.15) is 6.42 Å². The minimum absolute atomic E-state index is 0.278.